The third-order valence-corrected chi connectivity index (χ3v) is 3.48. The molecule has 0 aromatic heterocycles. The second-order valence-electron chi connectivity index (χ2n) is 4.32. The highest BCUT2D eigenvalue weighted by molar-refractivity contribution is 9.10. The average Bonchev–Trinajstić information content (AvgIpc) is 2.56. The van der Waals surface area contributed by atoms with Gasteiger partial charge in [0.1, 0.15) is 6.04 Å². The monoisotopic (exact) mass is 310 g/mol. The van der Waals surface area contributed by atoms with E-state index in [-0.39, 0.29) is 11.8 Å². The lowest BCUT2D eigenvalue weighted by molar-refractivity contribution is -0.122. The minimum Gasteiger partial charge on any atom is -0.354 e. The van der Waals surface area contributed by atoms with Gasteiger partial charge in [-0.1, -0.05) is 15.9 Å². The third-order valence-electron chi connectivity index (χ3n) is 2.95. The lowest BCUT2D eigenvalue weighted by Gasteiger charge is -2.15. The number of hydrogen-bond acceptors (Lipinski definition) is 2. The summed E-state index contributed by atoms with van der Waals surface area (Å²) in [6.45, 7) is 0.698. The van der Waals surface area contributed by atoms with Crippen LogP contribution in [0.15, 0.2) is 28.7 Å². The first-order valence-electron chi connectivity index (χ1n) is 6.01. The first-order valence-corrected chi connectivity index (χ1v) is 6.80. The number of hydrogen-bond donors (Lipinski definition) is 2. The van der Waals surface area contributed by atoms with Gasteiger partial charge in [-0.15, -0.1) is 0 Å². The lowest BCUT2D eigenvalue weighted by Crippen LogP contribution is -2.45. The van der Waals surface area contributed by atoms with Crippen molar-refractivity contribution in [3.05, 3.63) is 34.3 Å². The molecule has 1 aliphatic heterocycles. The van der Waals surface area contributed by atoms with Gasteiger partial charge >= 0.3 is 0 Å². The van der Waals surface area contributed by atoms with Crippen LogP contribution in [-0.2, 0) is 4.79 Å². The van der Waals surface area contributed by atoms with Crippen LogP contribution in [0.5, 0.6) is 0 Å². The Bertz CT molecular complexity index is 445. The maximum atomic E-state index is 12.0. The van der Waals surface area contributed by atoms with Crippen molar-refractivity contribution in [1.29, 1.82) is 0 Å². The van der Waals surface area contributed by atoms with Crippen molar-refractivity contribution < 1.29 is 9.59 Å². The zero-order valence-electron chi connectivity index (χ0n) is 9.91. The lowest BCUT2D eigenvalue weighted by atomic mass is 10.1. The van der Waals surface area contributed by atoms with E-state index >= 15 is 0 Å². The normalized spacial score (nSPS) is 19.8. The summed E-state index contributed by atoms with van der Waals surface area (Å²) in [5.41, 5.74) is 0.565. The molecule has 96 valence electrons. The van der Waals surface area contributed by atoms with Crippen LogP contribution >= 0.6 is 15.9 Å². The number of carbonyl (C=O) groups excluding carboxylic acids is 2. The van der Waals surface area contributed by atoms with Crippen molar-refractivity contribution in [2.75, 3.05) is 6.54 Å². The average molecular weight is 311 g/mol. The van der Waals surface area contributed by atoms with Crippen molar-refractivity contribution in [3.63, 3.8) is 0 Å². The molecule has 0 radical (unpaired) electrons. The molecule has 1 atom stereocenters. The minimum atomic E-state index is -0.413. The summed E-state index contributed by atoms with van der Waals surface area (Å²) in [6.07, 6.45) is 2.62. The van der Waals surface area contributed by atoms with E-state index in [9.17, 15) is 9.59 Å². The van der Waals surface area contributed by atoms with Gasteiger partial charge in [0.25, 0.3) is 5.91 Å². The number of carbonyl (C=O) groups is 2. The second-order valence-corrected chi connectivity index (χ2v) is 5.24. The van der Waals surface area contributed by atoms with Gasteiger partial charge in [-0.3, -0.25) is 9.59 Å². The van der Waals surface area contributed by atoms with Crippen LogP contribution in [0, 0.1) is 0 Å². The van der Waals surface area contributed by atoms with Crippen molar-refractivity contribution >= 4 is 27.7 Å². The van der Waals surface area contributed by atoms with Crippen LogP contribution < -0.4 is 10.6 Å². The summed E-state index contributed by atoms with van der Waals surface area (Å²) in [4.78, 5) is 23.7. The van der Waals surface area contributed by atoms with Crippen LogP contribution in [0.3, 0.4) is 0 Å². The van der Waals surface area contributed by atoms with Gasteiger partial charge in [0.05, 0.1) is 0 Å². The number of rotatable bonds is 2. The highest BCUT2D eigenvalue weighted by Gasteiger charge is 2.22. The molecule has 2 N–H and O–H groups in total. The molecule has 1 aromatic carbocycles. The summed E-state index contributed by atoms with van der Waals surface area (Å²) in [6, 6.07) is 6.66. The van der Waals surface area contributed by atoms with Crippen LogP contribution in [-0.4, -0.2) is 24.4 Å². The first kappa shape index (κ1) is 13.1. The molecule has 1 saturated heterocycles. The second kappa shape index (κ2) is 6.00. The largest absolute Gasteiger partial charge is 0.354 e. The predicted molar refractivity (Wildman–Crippen MR) is 72.3 cm³/mol. The molecule has 18 heavy (non-hydrogen) atoms. The van der Waals surface area contributed by atoms with Gasteiger partial charge in [-0.2, -0.15) is 0 Å². The van der Waals surface area contributed by atoms with E-state index in [1.165, 1.54) is 0 Å². The summed E-state index contributed by atoms with van der Waals surface area (Å²) < 4.78 is 0.922. The number of nitrogens with one attached hydrogen (secondary N) is 2. The fourth-order valence-electron chi connectivity index (χ4n) is 1.92. The van der Waals surface area contributed by atoms with E-state index in [1.807, 2.05) is 12.1 Å². The van der Waals surface area contributed by atoms with Gasteiger partial charge in [-0.05, 0) is 43.5 Å². The quantitative estimate of drug-likeness (QED) is 0.876. The molecule has 4 nitrogen and oxygen atoms in total. The van der Waals surface area contributed by atoms with E-state index in [2.05, 4.69) is 26.6 Å². The highest BCUT2D eigenvalue weighted by atomic mass is 79.9. The van der Waals surface area contributed by atoms with Crippen molar-refractivity contribution in [2.24, 2.45) is 0 Å². The Morgan fingerprint density at radius 2 is 2.00 bits per heavy atom. The molecule has 2 rings (SSSR count). The van der Waals surface area contributed by atoms with Crippen molar-refractivity contribution in [2.45, 2.75) is 25.3 Å². The Hall–Kier alpha value is -1.36. The Kier molecular flexibility index (Phi) is 4.36. The Morgan fingerprint density at radius 3 is 2.72 bits per heavy atom. The van der Waals surface area contributed by atoms with Gasteiger partial charge < -0.3 is 10.6 Å². The minimum absolute atomic E-state index is 0.0852. The Balaban J connectivity index is 2.01. The van der Waals surface area contributed by atoms with E-state index in [4.69, 9.17) is 0 Å². The molecule has 1 heterocycles. The number of benzene rings is 1. The third kappa shape index (κ3) is 3.32. The molecule has 0 unspecified atom stereocenters. The molecule has 2 amide bonds. The summed E-state index contributed by atoms with van der Waals surface area (Å²) in [5.74, 6) is -0.289. The van der Waals surface area contributed by atoms with Gasteiger partial charge in [0, 0.05) is 16.6 Å². The molecule has 5 heteroatoms. The van der Waals surface area contributed by atoms with Crippen LogP contribution in [0.25, 0.3) is 0 Å². The van der Waals surface area contributed by atoms with E-state index in [0.717, 1.165) is 17.3 Å². The maximum Gasteiger partial charge on any atom is 0.251 e. The van der Waals surface area contributed by atoms with Crippen molar-refractivity contribution in [3.8, 4) is 0 Å². The van der Waals surface area contributed by atoms with Gasteiger partial charge in [0.2, 0.25) is 5.91 Å². The zero-order valence-corrected chi connectivity index (χ0v) is 11.5. The Morgan fingerprint density at radius 1 is 1.28 bits per heavy atom. The fraction of sp³-hybridized carbons (Fsp3) is 0.385. The fourth-order valence-corrected chi connectivity index (χ4v) is 2.18. The zero-order chi connectivity index (χ0) is 13.0. The smallest absolute Gasteiger partial charge is 0.251 e. The van der Waals surface area contributed by atoms with Crippen LogP contribution in [0.2, 0.25) is 0 Å². The molecular formula is C13H15BrN2O2. The molecule has 0 bridgehead atoms. The predicted octanol–water partition coefficient (Wildman–Crippen LogP) is 1.85. The van der Waals surface area contributed by atoms with Gasteiger partial charge in [0.15, 0.2) is 0 Å². The number of halogens is 1. The standard InChI is InChI=1S/C13H15BrN2O2/c14-10-6-4-9(5-7-10)12(17)16-11-3-1-2-8-15-13(11)18/h4-7,11H,1-3,8H2,(H,15,18)(H,16,17)/t11-/m0/s1. The summed E-state index contributed by atoms with van der Waals surface area (Å²) in [5, 5.41) is 5.58. The molecular weight excluding hydrogens is 296 g/mol. The van der Waals surface area contributed by atoms with E-state index in [0.29, 0.717) is 18.5 Å². The SMILES string of the molecule is O=C(N[C@H]1CCCCNC1=O)c1ccc(Br)cc1. The molecule has 1 aromatic rings. The van der Waals surface area contributed by atoms with Crippen molar-refractivity contribution in [1.82, 2.24) is 10.6 Å². The Labute approximate surface area is 114 Å². The summed E-state index contributed by atoms with van der Waals surface area (Å²) in [7, 11) is 0. The molecule has 0 spiro atoms. The van der Waals surface area contributed by atoms with Crippen LogP contribution in [0.4, 0.5) is 0 Å². The van der Waals surface area contributed by atoms with E-state index in [1.54, 1.807) is 12.1 Å². The van der Waals surface area contributed by atoms with Gasteiger partial charge in [-0.25, -0.2) is 0 Å². The number of amides is 2. The first-order chi connectivity index (χ1) is 8.66. The molecule has 0 aliphatic carbocycles. The van der Waals surface area contributed by atoms with Crippen LogP contribution in [0.1, 0.15) is 29.6 Å². The topological polar surface area (TPSA) is 58.2 Å². The molecule has 1 fully saturated rings. The maximum absolute atomic E-state index is 12.0. The molecule has 0 saturated carbocycles. The highest BCUT2D eigenvalue weighted by Crippen LogP contribution is 2.11. The summed E-state index contributed by atoms with van der Waals surface area (Å²) >= 11 is 3.32. The molecule has 1 aliphatic rings. The van der Waals surface area contributed by atoms with E-state index < -0.39 is 6.04 Å².